The van der Waals surface area contributed by atoms with Crippen LogP contribution in [0.2, 0.25) is 0 Å². The lowest BCUT2D eigenvalue weighted by atomic mass is 9.81. The minimum atomic E-state index is -0.866. The van der Waals surface area contributed by atoms with E-state index in [-0.39, 0.29) is 17.6 Å². The number of thioether (sulfide) groups is 1. The highest BCUT2D eigenvalue weighted by Crippen LogP contribution is 2.30. The summed E-state index contributed by atoms with van der Waals surface area (Å²) in [6.45, 7) is 2.85. The molecule has 1 aliphatic rings. The first-order chi connectivity index (χ1) is 12.6. The molecule has 0 bridgehead atoms. The monoisotopic (exact) mass is 375 g/mol. The Kier molecular flexibility index (Phi) is 5.86. The normalized spacial score (nSPS) is 16.4. The summed E-state index contributed by atoms with van der Waals surface area (Å²) in [6.07, 6.45) is 4.22. The van der Waals surface area contributed by atoms with Crippen molar-refractivity contribution < 1.29 is 14.3 Å². The number of imidazole rings is 1. The number of carbonyl (C=O) groups is 2. The van der Waals surface area contributed by atoms with E-state index >= 15 is 0 Å². The average molecular weight is 375 g/mol. The first-order valence-electron chi connectivity index (χ1n) is 9.07. The largest absolute Gasteiger partial charge is 0.467 e. The number of aryl methyl sites for hydroxylation is 1. The van der Waals surface area contributed by atoms with Gasteiger partial charge in [0.05, 0.1) is 23.9 Å². The summed E-state index contributed by atoms with van der Waals surface area (Å²) in [5.41, 5.74) is 1.13. The third-order valence-corrected chi connectivity index (χ3v) is 5.91. The van der Waals surface area contributed by atoms with Crippen LogP contribution in [0.25, 0.3) is 11.0 Å². The molecule has 0 spiro atoms. The Bertz CT molecular complexity index is 796. The van der Waals surface area contributed by atoms with Crippen LogP contribution >= 0.6 is 11.8 Å². The molecule has 1 aliphatic carbocycles. The van der Waals surface area contributed by atoms with Crippen LogP contribution in [0.15, 0.2) is 29.4 Å². The van der Waals surface area contributed by atoms with Gasteiger partial charge in [-0.05, 0) is 31.9 Å². The van der Waals surface area contributed by atoms with E-state index in [0.29, 0.717) is 12.8 Å². The van der Waals surface area contributed by atoms with E-state index in [1.54, 1.807) is 0 Å². The summed E-state index contributed by atoms with van der Waals surface area (Å²) in [5, 5.41) is 3.77. The number of nitrogens with zero attached hydrogens (tertiary/aromatic N) is 2. The number of carbonyl (C=O) groups excluding carboxylic acids is 2. The molecule has 6 nitrogen and oxygen atoms in total. The van der Waals surface area contributed by atoms with Crippen LogP contribution in [-0.4, -0.2) is 39.8 Å². The van der Waals surface area contributed by atoms with Crippen molar-refractivity contribution in [3.8, 4) is 0 Å². The van der Waals surface area contributed by atoms with Crippen LogP contribution in [0.4, 0.5) is 0 Å². The molecule has 1 heterocycles. The lowest BCUT2D eigenvalue weighted by Gasteiger charge is -2.35. The van der Waals surface area contributed by atoms with Crippen LogP contribution in [0, 0.1) is 0 Å². The number of para-hydroxylation sites is 2. The molecule has 1 saturated carbocycles. The van der Waals surface area contributed by atoms with E-state index in [2.05, 4.69) is 21.8 Å². The van der Waals surface area contributed by atoms with Crippen molar-refractivity contribution in [3.63, 3.8) is 0 Å². The van der Waals surface area contributed by atoms with Gasteiger partial charge in [-0.25, -0.2) is 9.78 Å². The fourth-order valence-electron chi connectivity index (χ4n) is 3.63. The van der Waals surface area contributed by atoms with E-state index in [1.807, 2.05) is 24.3 Å². The molecule has 0 saturated heterocycles. The Morgan fingerprint density at radius 1 is 1.27 bits per heavy atom. The van der Waals surface area contributed by atoms with Crippen molar-refractivity contribution in [2.24, 2.45) is 0 Å². The van der Waals surface area contributed by atoms with Gasteiger partial charge in [0.1, 0.15) is 5.54 Å². The van der Waals surface area contributed by atoms with Crippen molar-refractivity contribution >= 4 is 34.7 Å². The van der Waals surface area contributed by atoms with Gasteiger partial charge in [0.2, 0.25) is 5.91 Å². The van der Waals surface area contributed by atoms with E-state index < -0.39 is 5.54 Å². The number of hydrogen-bond donors (Lipinski definition) is 1. The maximum absolute atomic E-state index is 12.5. The summed E-state index contributed by atoms with van der Waals surface area (Å²) in [7, 11) is 1.38. The van der Waals surface area contributed by atoms with Gasteiger partial charge in [0, 0.05) is 6.54 Å². The fraction of sp³-hybridized carbons (Fsp3) is 0.526. The Morgan fingerprint density at radius 3 is 2.69 bits per heavy atom. The molecule has 1 N–H and O–H groups in total. The quantitative estimate of drug-likeness (QED) is 0.620. The van der Waals surface area contributed by atoms with Crippen molar-refractivity contribution in [2.45, 2.75) is 56.3 Å². The second-order valence-electron chi connectivity index (χ2n) is 6.60. The highest BCUT2D eigenvalue weighted by atomic mass is 32.2. The number of amides is 1. The molecule has 7 heteroatoms. The standard InChI is InChI=1S/C19H25N3O3S/c1-3-22-15-10-6-5-9-14(15)20-18(22)26-13-16(23)21-19(17(24)25-2)11-7-4-8-12-19/h5-6,9-10H,3-4,7-8,11-13H2,1-2H3,(H,21,23). The van der Waals surface area contributed by atoms with Gasteiger partial charge in [-0.2, -0.15) is 0 Å². The first-order valence-corrected chi connectivity index (χ1v) is 10.1. The van der Waals surface area contributed by atoms with Crippen LogP contribution < -0.4 is 5.32 Å². The zero-order valence-electron chi connectivity index (χ0n) is 15.3. The number of nitrogens with one attached hydrogen (secondary N) is 1. The Labute approximate surface area is 157 Å². The Hall–Kier alpha value is -2.02. The summed E-state index contributed by atoms with van der Waals surface area (Å²) in [5.74, 6) is -0.268. The number of aromatic nitrogens is 2. The van der Waals surface area contributed by atoms with Gasteiger partial charge in [-0.3, -0.25) is 4.79 Å². The van der Waals surface area contributed by atoms with E-state index in [4.69, 9.17) is 4.74 Å². The molecule has 1 fully saturated rings. The maximum atomic E-state index is 12.5. The zero-order valence-corrected chi connectivity index (χ0v) is 16.1. The minimum absolute atomic E-state index is 0.156. The molecule has 26 heavy (non-hydrogen) atoms. The summed E-state index contributed by atoms with van der Waals surface area (Å²) in [4.78, 5) is 29.4. The molecule has 140 valence electrons. The molecule has 0 unspecified atom stereocenters. The highest BCUT2D eigenvalue weighted by molar-refractivity contribution is 7.99. The highest BCUT2D eigenvalue weighted by Gasteiger charge is 2.41. The van der Waals surface area contributed by atoms with Crippen LogP contribution in [0.5, 0.6) is 0 Å². The predicted octanol–water partition coefficient (Wildman–Crippen LogP) is 3.14. The van der Waals surface area contributed by atoms with Crippen LogP contribution in [0.1, 0.15) is 39.0 Å². The summed E-state index contributed by atoms with van der Waals surface area (Å²) in [6, 6.07) is 7.95. The fourth-order valence-corrected chi connectivity index (χ4v) is 4.51. The molecule has 3 rings (SSSR count). The SMILES string of the molecule is CCn1c(SCC(=O)NC2(C(=O)OC)CCCCC2)nc2ccccc21. The van der Waals surface area contributed by atoms with Gasteiger partial charge in [0.25, 0.3) is 0 Å². The topological polar surface area (TPSA) is 73.2 Å². The van der Waals surface area contributed by atoms with Gasteiger partial charge in [0.15, 0.2) is 5.16 Å². The molecule has 0 radical (unpaired) electrons. The van der Waals surface area contributed by atoms with Crippen molar-refractivity contribution in [3.05, 3.63) is 24.3 Å². The summed E-state index contributed by atoms with van der Waals surface area (Å²) < 4.78 is 7.06. The Balaban J connectivity index is 1.69. The third kappa shape index (κ3) is 3.72. The molecule has 1 aromatic carbocycles. The second-order valence-corrected chi connectivity index (χ2v) is 7.54. The lowest BCUT2D eigenvalue weighted by molar-refractivity contribution is -0.152. The van der Waals surface area contributed by atoms with Crippen molar-refractivity contribution in [1.82, 2.24) is 14.9 Å². The van der Waals surface area contributed by atoms with E-state index in [9.17, 15) is 9.59 Å². The number of hydrogen-bond acceptors (Lipinski definition) is 5. The molecule has 1 aromatic heterocycles. The maximum Gasteiger partial charge on any atom is 0.331 e. The zero-order chi connectivity index (χ0) is 18.6. The number of benzene rings is 1. The van der Waals surface area contributed by atoms with E-state index in [0.717, 1.165) is 42.0 Å². The van der Waals surface area contributed by atoms with Crippen LogP contribution in [-0.2, 0) is 20.9 Å². The van der Waals surface area contributed by atoms with E-state index in [1.165, 1.54) is 18.9 Å². The molecule has 0 aliphatic heterocycles. The average Bonchev–Trinajstić information content (AvgIpc) is 3.04. The summed E-state index contributed by atoms with van der Waals surface area (Å²) >= 11 is 1.40. The van der Waals surface area contributed by atoms with Gasteiger partial charge >= 0.3 is 5.97 Å². The number of esters is 1. The Morgan fingerprint density at radius 2 is 2.00 bits per heavy atom. The number of rotatable bonds is 6. The lowest BCUT2D eigenvalue weighted by Crippen LogP contribution is -2.56. The molecule has 0 atom stereocenters. The number of ether oxygens (including phenoxy) is 1. The third-order valence-electron chi connectivity index (χ3n) is 4.93. The molecular weight excluding hydrogens is 350 g/mol. The molecule has 2 aromatic rings. The second kappa shape index (κ2) is 8.12. The number of methoxy groups -OCH3 is 1. The first kappa shape index (κ1) is 18.8. The van der Waals surface area contributed by atoms with Crippen molar-refractivity contribution in [1.29, 1.82) is 0 Å². The van der Waals surface area contributed by atoms with Gasteiger partial charge in [-0.15, -0.1) is 0 Å². The van der Waals surface area contributed by atoms with Crippen LogP contribution in [0.3, 0.4) is 0 Å². The van der Waals surface area contributed by atoms with Gasteiger partial charge in [-0.1, -0.05) is 43.2 Å². The predicted molar refractivity (Wildman–Crippen MR) is 102 cm³/mol. The van der Waals surface area contributed by atoms with Crippen molar-refractivity contribution in [2.75, 3.05) is 12.9 Å². The molecular formula is C19H25N3O3S. The minimum Gasteiger partial charge on any atom is -0.467 e. The number of fused-ring (bicyclic) bond motifs is 1. The van der Waals surface area contributed by atoms with Gasteiger partial charge < -0.3 is 14.6 Å². The smallest absolute Gasteiger partial charge is 0.331 e. The molecule has 1 amide bonds.